The highest BCUT2D eigenvalue weighted by Crippen LogP contribution is 2.50. The lowest BCUT2D eigenvalue weighted by Crippen LogP contribution is -2.54. The van der Waals surface area contributed by atoms with Gasteiger partial charge >= 0.3 is 6.18 Å². The van der Waals surface area contributed by atoms with Crippen LogP contribution in [0.4, 0.5) is 13.2 Å². The zero-order chi connectivity index (χ0) is 23.2. The number of hydrogen-bond donors (Lipinski definition) is 0. The van der Waals surface area contributed by atoms with E-state index >= 15 is 0 Å². The van der Waals surface area contributed by atoms with E-state index in [0.717, 1.165) is 10.9 Å². The molecule has 3 rings (SSSR count). The topological polar surface area (TPSA) is 69.9 Å². The van der Waals surface area contributed by atoms with Crippen molar-refractivity contribution < 1.29 is 22.4 Å². The minimum Gasteiger partial charge on any atom is -0.411 e. The Balaban J connectivity index is 1.81. The molecule has 2 aromatic rings. The second-order valence-electron chi connectivity index (χ2n) is 10.0. The highest BCUT2D eigenvalue weighted by molar-refractivity contribution is 6.74. The molecule has 10 heteroatoms. The molecule has 0 spiro atoms. The smallest absolute Gasteiger partial charge is 0.411 e. The maximum absolute atomic E-state index is 13.9. The van der Waals surface area contributed by atoms with Gasteiger partial charge in [0.25, 0.3) is 0 Å². The van der Waals surface area contributed by atoms with Crippen LogP contribution in [0.5, 0.6) is 0 Å². The number of aromatic nitrogens is 4. The van der Waals surface area contributed by atoms with Gasteiger partial charge in [0, 0.05) is 6.20 Å². The first-order valence-electron chi connectivity index (χ1n) is 10.3. The van der Waals surface area contributed by atoms with Crippen LogP contribution in [-0.4, -0.2) is 39.5 Å². The standard InChI is InChI=1S/C21H29F3N4O2Si/c1-19(2,3)31(5,6)30-20(4)10-15(11-20)28-18(21(22,23)24)16(12-27-28)17(29)9-14-7-8-25-13-26-14/h7-8,12-13,15H,9-11H2,1-6H3/t15-,20-. The van der Waals surface area contributed by atoms with Crippen molar-refractivity contribution in [3.63, 3.8) is 0 Å². The average Bonchev–Trinajstić information content (AvgIpc) is 3.04. The number of nitrogens with zero attached hydrogens (tertiary/aromatic N) is 4. The van der Waals surface area contributed by atoms with Gasteiger partial charge in [0.15, 0.2) is 19.8 Å². The summed E-state index contributed by atoms with van der Waals surface area (Å²) in [6.07, 6.45) is -0.368. The van der Waals surface area contributed by atoms with E-state index in [0.29, 0.717) is 18.5 Å². The van der Waals surface area contributed by atoms with E-state index in [1.54, 1.807) is 0 Å². The number of halogens is 3. The number of carbonyl (C=O) groups excluding carboxylic acids is 1. The SMILES string of the molecule is CC(C)(C)[Si](C)(C)O[C@]1(C)C[C@@H](n2ncc(C(=O)Cc3ccncn3)c2C(F)(F)F)C1. The fourth-order valence-corrected chi connectivity index (χ4v) is 5.48. The van der Waals surface area contributed by atoms with Crippen molar-refractivity contribution in [2.75, 3.05) is 0 Å². The molecule has 31 heavy (non-hydrogen) atoms. The van der Waals surface area contributed by atoms with E-state index in [1.165, 1.54) is 18.6 Å². The molecule has 1 aliphatic carbocycles. The quantitative estimate of drug-likeness (QED) is 0.441. The van der Waals surface area contributed by atoms with Gasteiger partial charge < -0.3 is 4.43 Å². The predicted molar refractivity (Wildman–Crippen MR) is 112 cm³/mol. The molecule has 2 heterocycles. The lowest BCUT2D eigenvalue weighted by Gasteiger charge is -2.52. The van der Waals surface area contributed by atoms with Gasteiger partial charge in [0.2, 0.25) is 0 Å². The van der Waals surface area contributed by atoms with E-state index in [-0.39, 0.29) is 11.5 Å². The Morgan fingerprint density at radius 3 is 2.45 bits per heavy atom. The molecule has 0 N–H and O–H groups in total. The zero-order valence-electron chi connectivity index (χ0n) is 18.7. The van der Waals surface area contributed by atoms with Crippen molar-refractivity contribution in [2.24, 2.45) is 0 Å². The van der Waals surface area contributed by atoms with Crippen molar-refractivity contribution >= 4 is 14.1 Å². The van der Waals surface area contributed by atoms with Crippen molar-refractivity contribution in [2.45, 2.75) is 82.9 Å². The van der Waals surface area contributed by atoms with Crippen LogP contribution in [0.25, 0.3) is 0 Å². The molecule has 6 nitrogen and oxygen atoms in total. The van der Waals surface area contributed by atoms with Crippen LogP contribution in [0.15, 0.2) is 24.8 Å². The summed E-state index contributed by atoms with van der Waals surface area (Å²) in [4.78, 5) is 20.3. The van der Waals surface area contributed by atoms with Gasteiger partial charge in [-0.15, -0.1) is 0 Å². The van der Waals surface area contributed by atoms with Crippen LogP contribution < -0.4 is 0 Å². The lowest BCUT2D eigenvalue weighted by molar-refractivity contribution is -0.149. The van der Waals surface area contributed by atoms with Crippen molar-refractivity contribution in [3.8, 4) is 0 Å². The van der Waals surface area contributed by atoms with Gasteiger partial charge in [-0.05, 0) is 44.0 Å². The fourth-order valence-electron chi connectivity index (χ4n) is 3.77. The van der Waals surface area contributed by atoms with Crippen LogP contribution in [0, 0.1) is 0 Å². The van der Waals surface area contributed by atoms with Crippen LogP contribution in [0.1, 0.15) is 68.3 Å². The maximum atomic E-state index is 13.9. The van der Waals surface area contributed by atoms with Crippen LogP contribution in [0.2, 0.25) is 18.1 Å². The molecule has 2 aromatic heterocycles. The Morgan fingerprint density at radius 1 is 1.29 bits per heavy atom. The number of rotatable bonds is 6. The molecule has 0 unspecified atom stereocenters. The first kappa shape index (κ1) is 23.6. The summed E-state index contributed by atoms with van der Waals surface area (Å²) in [6.45, 7) is 12.6. The number of ketones is 1. The first-order valence-corrected chi connectivity index (χ1v) is 13.2. The summed E-state index contributed by atoms with van der Waals surface area (Å²) < 4.78 is 49.2. The number of Topliss-reactive ketones (excluding diaryl/α,β-unsaturated/α-hetero) is 1. The number of alkyl halides is 3. The molecule has 0 aromatic carbocycles. The van der Waals surface area contributed by atoms with E-state index in [2.05, 4.69) is 48.9 Å². The molecule has 1 saturated carbocycles. The van der Waals surface area contributed by atoms with E-state index in [9.17, 15) is 18.0 Å². The van der Waals surface area contributed by atoms with Gasteiger partial charge in [0.1, 0.15) is 6.33 Å². The molecule has 1 aliphatic rings. The van der Waals surface area contributed by atoms with E-state index in [4.69, 9.17) is 4.43 Å². The molecular formula is C21H29F3N4O2Si. The average molecular weight is 455 g/mol. The summed E-state index contributed by atoms with van der Waals surface area (Å²) in [5.41, 5.74) is -1.55. The molecule has 0 radical (unpaired) electrons. The zero-order valence-corrected chi connectivity index (χ0v) is 19.7. The minimum absolute atomic E-state index is 0.00447. The normalized spacial score (nSPS) is 22.3. The molecular weight excluding hydrogens is 425 g/mol. The Hall–Kier alpha value is -2.07. The molecule has 0 amide bonds. The monoisotopic (exact) mass is 454 g/mol. The third-order valence-corrected chi connectivity index (χ3v) is 11.0. The van der Waals surface area contributed by atoms with Crippen LogP contribution in [0.3, 0.4) is 0 Å². The van der Waals surface area contributed by atoms with Gasteiger partial charge in [-0.25, -0.2) is 9.97 Å². The lowest BCUT2D eigenvalue weighted by atomic mass is 9.77. The Morgan fingerprint density at radius 2 is 1.94 bits per heavy atom. The summed E-state index contributed by atoms with van der Waals surface area (Å²) in [6, 6.07) is 1.04. The summed E-state index contributed by atoms with van der Waals surface area (Å²) in [5, 5.41) is 3.98. The van der Waals surface area contributed by atoms with Crippen molar-refractivity contribution in [1.29, 1.82) is 0 Å². The third kappa shape index (κ3) is 4.90. The van der Waals surface area contributed by atoms with E-state index in [1.807, 2.05) is 6.92 Å². The van der Waals surface area contributed by atoms with Crippen molar-refractivity contribution in [1.82, 2.24) is 19.7 Å². The largest absolute Gasteiger partial charge is 0.433 e. The first-order chi connectivity index (χ1) is 14.1. The Bertz CT molecular complexity index is 946. The summed E-state index contributed by atoms with van der Waals surface area (Å²) in [5.74, 6) is -0.670. The van der Waals surface area contributed by atoms with Gasteiger partial charge in [-0.2, -0.15) is 18.3 Å². The van der Waals surface area contributed by atoms with Crippen LogP contribution in [-0.2, 0) is 17.0 Å². The molecule has 170 valence electrons. The molecule has 0 bridgehead atoms. The van der Waals surface area contributed by atoms with Gasteiger partial charge in [-0.1, -0.05) is 20.8 Å². The molecule has 0 aliphatic heterocycles. The highest BCUT2D eigenvalue weighted by Gasteiger charge is 2.51. The highest BCUT2D eigenvalue weighted by atomic mass is 28.4. The minimum atomic E-state index is -4.69. The number of hydrogen-bond acceptors (Lipinski definition) is 5. The van der Waals surface area contributed by atoms with Crippen LogP contribution >= 0.6 is 0 Å². The maximum Gasteiger partial charge on any atom is 0.433 e. The Labute approximate surface area is 181 Å². The summed E-state index contributed by atoms with van der Waals surface area (Å²) >= 11 is 0. The van der Waals surface area contributed by atoms with Gasteiger partial charge in [-0.3, -0.25) is 9.48 Å². The van der Waals surface area contributed by atoms with Crippen molar-refractivity contribution in [3.05, 3.63) is 41.7 Å². The molecule has 0 atom stereocenters. The van der Waals surface area contributed by atoms with E-state index < -0.39 is 43.2 Å². The fraction of sp³-hybridized carbons (Fsp3) is 0.619. The third-order valence-electron chi connectivity index (χ3n) is 6.34. The Kier molecular flexibility index (Phi) is 5.94. The summed E-state index contributed by atoms with van der Waals surface area (Å²) in [7, 11) is -2.06. The van der Waals surface area contributed by atoms with Gasteiger partial charge in [0.05, 0.1) is 35.5 Å². The predicted octanol–water partition coefficient (Wildman–Crippen LogP) is 5.23. The molecule has 0 saturated heterocycles. The number of carbonyl (C=O) groups is 1. The molecule has 1 fully saturated rings. The second kappa shape index (κ2) is 7.81. The second-order valence-corrected chi connectivity index (χ2v) is 14.7.